The third kappa shape index (κ3) is 8.15. The molecule has 1 amide bonds. The Bertz CT molecular complexity index is 384. The molecule has 2 N–H and O–H groups in total. The number of hydrogen-bond donors (Lipinski definition) is 2. The van der Waals surface area contributed by atoms with Crippen molar-refractivity contribution in [3.8, 4) is 0 Å². The first-order valence-corrected chi connectivity index (χ1v) is 7.12. The van der Waals surface area contributed by atoms with Gasteiger partial charge in [0.15, 0.2) is 0 Å². The van der Waals surface area contributed by atoms with Crippen LogP contribution in [0.5, 0.6) is 0 Å². The smallest absolute Gasteiger partial charge is 0.239 e. The minimum Gasteiger partial charge on any atom is -0.376 e. The van der Waals surface area contributed by atoms with Crippen LogP contribution in [0.4, 0.5) is 5.69 Å². The van der Waals surface area contributed by atoms with Crippen molar-refractivity contribution in [2.24, 2.45) is 0 Å². The summed E-state index contributed by atoms with van der Waals surface area (Å²) in [7, 11) is 0. The van der Waals surface area contributed by atoms with Crippen molar-refractivity contribution in [1.82, 2.24) is 10.2 Å². The number of likely N-dealkylation sites (tertiary alicyclic amines) is 1. The minimum atomic E-state index is 0. The van der Waals surface area contributed by atoms with Crippen molar-refractivity contribution in [1.29, 1.82) is 0 Å². The fraction of sp³-hybridized carbons (Fsp3) is 0.533. The first kappa shape index (κ1) is 20.0. The molecule has 0 aliphatic carbocycles. The predicted octanol–water partition coefficient (Wildman–Crippen LogP) is 2.54. The van der Waals surface area contributed by atoms with Gasteiger partial charge in [0, 0.05) is 18.8 Å². The van der Waals surface area contributed by atoms with Crippen LogP contribution in [0.25, 0.3) is 0 Å². The van der Waals surface area contributed by atoms with Gasteiger partial charge in [-0.15, -0.1) is 24.8 Å². The van der Waals surface area contributed by atoms with E-state index in [0.717, 1.165) is 18.8 Å². The molecule has 1 aromatic rings. The van der Waals surface area contributed by atoms with Crippen LogP contribution in [-0.2, 0) is 4.79 Å². The monoisotopic (exact) mass is 333 g/mol. The number of nitrogens with zero attached hydrogens (tertiary/aromatic N) is 1. The van der Waals surface area contributed by atoms with Gasteiger partial charge in [0.25, 0.3) is 0 Å². The summed E-state index contributed by atoms with van der Waals surface area (Å²) in [4.78, 5) is 14.1. The van der Waals surface area contributed by atoms with Crippen LogP contribution in [0, 0.1) is 0 Å². The highest BCUT2D eigenvalue weighted by Gasteiger charge is 2.09. The number of para-hydroxylation sites is 1. The van der Waals surface area contributed by atoms with Crippen molar-refractivity contribution in [2.45, 2.75) is 19.3 Å². The molecule has 1 saturated heterocycles. The van der Waals surface area contributed by atoms with Crippen LogP contribution in [0.3, 0.4) is 0 Å². The van der Waals surface area contributed by atoms with Crippen LogP contribution >= 0.6 is 24.8 Å². The van der Waals surface area contributed by atoms with Crippen LogP contribution in [0.2, 0.25) is 0 Å². The number of nitrogens with one attached hydrogen (secondary N) is 2. The molecule has 1 aliphatic heterocycles. The molecule has 0 spiro atoms. The number of anilines is 1. The van der Waals surface area contributed by atoms with Crippen molar-refractivity contribution in [3.63, 3.8) is 0 Å². The highest BCUT2D eigenvalue weighted by Crippen LogP contribution is 2.07. The molecular formula is C15H25Cl2N3O. The normalized spacial score (nSPS) is 14.5. The molecule has 0 unspecified atom stereocenters. The molecule has 0 atom stereocenters. The van der Waals surface area contributed by atoms with E-state index in [9.17, 15) is 4.79 Å². The standard InChI is InChI=1S/C15H23N3O.2ClH/c19-15(13-17-14-7-3-1-4-8-14)16-9-12-18-10-5-2-6-11-18;;/h1,3-4,7-8,17H,2,5-6,9-13H2,(H,16,19);2*1H. The predicted molar refractivity (Wildman–Crippen MR) is 92.7 cm³/mol. The SMILES string of the molecule is Cl.Cl.O=C(CNc1ccccc1)NCCN1CCCCC1. The third-order valence-corrected chi connectivity index (χ3v) is 3.43. The number of hydrogen-bond acceptors (Lipinski definition) is 3. The van der Waals surface area contributed by atoms with E-state index in [2.05, 4.69) is 15.5 Å². The number of carbonyl (C=O) groups is 1. The van der Waals surface area contributed by atoms with Crippen molar-refractivity contribution in [3.05, 3.63) is 30.3 Å². The summed E-state index contributed by atoms with van der Waals surface area (Å²) < 4.78 is 0. The minimum absolute atomic E-state index is 0. The van der Waals surface area contributed by atoms with Gasteiger partial charge in [-0.05, 0) is 38.1 Å². The molecule has 0 aromatic heterocycles. The zero-order valence-corrected chi connectivity index (χ0v) is 13.8. The topological polar surface area (TPSA) is 44.4 Å². The Kier molecular flexibility index (Phi) is 11.1. The van der Waals surface area contributed by atoms with Gasteiger partial charge < -0.3 is 15.5 Å². The summed E-state index contributed by atoms with van der Waals surface area (Å²) in [6.07, 6.45) is 3.94. The fourth-order valence-corrected chi connectivity index (χ4v) is 2.34. The lowest BCUT2D eigenvalue weighted by atomic mass is 10.1. The molecule has 6 heteroatoms. The number of rotatable bonds is 6. The maximum Gasteiger partial charge on any atom is 0.239 e. The Morgan fingerprint density at radius 1 is 1.05 bits per heavy atom. The second kappa shape index (κ2) is 11.7. The lowest BCUT2D eigenvalue weighted by molar-refractivity contribution is -0.119. The average Bonchev–Trinajstić information content (AvgIpc) is 2.47. The van der Waals surface area contributed by atoms with Gasteiger partial charge in [0.2, 0.25) is 5.91 Å². The van der Waals surface area contributed by atoms with Crippen LogP contribution in [0.15, 0.2) is 30.3 Å². The Morgan fingerprint density at radius 3 is 2.38 bits per heavy atom. The van der Waals surface area contributed by atoms with Gasteiger partial charge in [-0.3, -0.25) is 4.79 Å². The zero-order chi connectivity index (χ0) is 13.3. The van der Waals surface area contributed by atoms with Crippen molar-refractivity contribution < 1.29 is 4.79 Å². The van der Waals surface area contributed by atoms with Crippen LogP contribution < -0.4 is 10.6 Å². The van der Waals surface area contributed by atoms with Gasteiger partial charge in [-0.2, -0.15) is 0 Å². The molecule has 1 aliphatic rings. The average molecular weight is 334 g/mol. The molecule has 1 fully saturated rings. The number of halogens is 2. The number of carbonyl (C=O) groups excluding carboxylic acids is 1. The molecule has 21 heavy (non-hydrogen) atoms. The highest BCUT2D eigenvalue weighted by atomic mass is 35.5. The summed E-state index contributed by atoms with van der Waals surface area (Å²) in [5, 5.41) is 6.06. The van der Waals surface area contributed by atoms with Gasteiger partial charge in [0.05, 0.1) is 6.54 Å². The van der Waals surface area contributed by atoms with E-state index in [4.69, 9.17) is 0 Å². The maximum atomic E-state index is 11.7. The molecule has 2 rings (SSSR count). The quantitative estimate of drug-likeness (QED) is 0.840. The molecular weight excluding hydrogens is 309 g/mol. The van der Waals surface area contributed by atoms with Crippen LogP contribution in [0.1, 0.15) is 19.3 Å². The maximum absolute atomic E-state index is 11.7. The number of benzene rings is 1. The van der Waals surface area contributed by atoms with Gasteiger partial charge in [-0.1, -0.05) is 24.6 Å². The van der Waals surface area contributed by atoms with E-state index in [1.165, 1.54) is 32.4 Å². The summed E-state index contributed by atoms with van der Waals surface area (Å²) in [5.41, 5.74) is 0.980. The summed E-state index contributed by atoms with van der Waals surface area (Å²) in [6, 6.07) is 9.79. The van der Waals surface area contributed by atoms with E-state index >= 15 is 0 Å². The molecule has 1 heterocycles. The second-order valence-electron chi connectivity index (χ2n) is 4.97. The molecule has 4 nitrogen and oxygen atoms in total. The first-order chi connectivity index (χ1) is 9.34. The van der Waals surface area contributed by atoms with Crippen molar-refractivity contribution >= 4 is 36.4 Å². The molecule has 0 bridgehead atoms. The summed E-state index contributed by atoms with van der Waals surface area (Å²) >= 11 is 0. The molecule has 0 saturated carbocycles. The summed E-state index contributed by atoms with van der Waals surface area (Å²) in [5.74, 6) is 0.0564. The zero-order valence-electron chi connectivity index (χ0n) is 12.2. The summed E-state index contributed by atoms with van der Waals surface area (Å²) in [6.45, 7) is 4.41. The molecule has 0 radical (unpaired) electrons. The Balaban J connectivity index is 0.00000200. The number of piperidine rings is 1. The Hall–Kier alpha value is -0.970. The lowest BCUT2D eigenvalue weighted by Gasteiger charge is -2.26. The molecule has 120 valence electrons. The Labute approximate surface area is 139 Å². The van der Waals surface area contributed by atoms with Gasteiger partial charge >= 0.3 is 0 Å². The van der Waals surface area contributed by atoms with Crippen molar-refractivity contribution in [2.75, 3.05) is 38.0 Å². The highest BCUT2D eigenvalue weighted by molar-refractivity contribution is 5.85. The lowest BCUT2D eigenvalue weighted by Crippen LogP contribution is -2.39. The van der Waals surface area contributed by atoms with E-state index in [1.54, 1.807) is 0 Å². The van der Waals surface area contributed by atoms with Crippen LogP contribution in [-0.4, -0.2) is 43.5 Å². The van der Waals surface area contributed by atoms with E-state index < -0.39 is 0 Å². The second-order valence-corrected chi connectivity index (χ2v) is 4.97. The van der Waals surface area contributed by atoms with Gasteiger partial charge in [-0.25, -0.2) is 0 Å². The fourth-order valence-electron chi connectivity index (χ4n) is 2.34. The van der Waals surface area contributed by atoms with Gasteiger partial charge in [0.1, 0.15) is 0 Å². The number of amides is 1. The van der Waals surface area contributed by atoms with E-state index in [1.807, 2.05) is 30.3 Å². The Morgan fingerprint density at radius 2 is 1.71 bits per heavy atom. The van der Waals surface area contributed by atoms with E-state index in [-0.39, 0.29) is 30.7 Å². The first-order valence-electron chi connectivity index (χ1n) is 7.12. The third-order valence-electron chi connectivity index (χ3n) is 3.43. The molecule has 1 aromatic carbocycles. The van der Waals surface area contributed by atoms with E-state index in [0.29, 0.717) is 6.54 Å². The largest absolute Gasteiger partial charge is 0.376 e.